The van der Waals surface area contributed by atoms with Gasteiger partial charge in [0, 0.05) is 16.5 Å². The third kappa shape index (κ3) is 4.70. The Morgan fingerprint density at radius 1 is 1.17 bits per heavy atom. The third-order valence-electron chi connectivity index (χ3n) is 5.08. The molecule has 2 aromatic rings. The van der Waals surface area contributed by atoms with Crippen molar-refractivity contribution in [1.29, 1.82) is 0 Å². The lowest BCUT2D eigenvalue weighted by Gasteiger charge is -2.22. The number of aliphatic hydroxyl groups is 1. The maximum Gasteiger partial charge on any atom is 0.264 e. The molecule has 1 heterocycles. The topological polar surface area (TPSA) is 66.8 Å². The van der Waals surface area contributed by atoms with Gasteiger partial charge >= 0.3 is 0 Å². The predicted octanol–water partition coefficient (Wildman–Crippen LogP) is 4.73. The first-order valence-electron chi connectivity index (χ1n) is 9.90. The number of ether oxygens (including phenoxy) is 1. The highest BCUT2D eigenvalue weighted by Crippen LogP contribution is 2.44. The van der Waals surface area contributed by atoms with Gasteiger partial charge in [0.25, 0.3) is 5.91 Å². The van der Waals surface area contributed by atoms with Crippen molar-refractivity contribution in [3.8, 4) is 5.75 Å². The highest BCUT2D eigenvalue weighted by molar-refractivity contribution is 9.10. The number of carbonyl (C=O) groups is 2. The van der Waals surface area contributed by atoms with Gasteiger partial charge in [0.05, 0.1) is 18.8 Å². The monoisotopic (exact) mass is 459 g/mol. The standard InChI is InChI=1S/C23H26BrNO4/c1-3-4-5-12-29-19-9-6-17(7-10-19)15-25-21-11-8-18(24)13-20(21)23(28,22(25)27)14-16(2)26/h6-11,13,28H,3-5,12,14-15H2,1-2H3. The van der Waals surface area contributed by atoms with Crippen molar-refractivity contribution in [2.45, 2.75) is 51.7 Å². The third-order valence-corrected chi connectivity index (χ3v) is 5.57. The second-order valence-corrected chi connectivity index (χ2v) is 8.41. The minimum absolute atomic E-state index is 0.238. The number of amides is 1. The number of hydrogen-bond acceptors (Lipinski definition) is 4. The Balaban J connectivity index is 1.79. The van der Waals surface area contributed by atoms with Gasteiger partial charge in [-0.2, -0.15) is 0 Å². The molecule has 0 radical (unpaired) electrons. The Labute approximate surface area is 179 Å². The van der Waals surface area contributed by atoms with E-state index in [1.807, 2.05) is 30.3 Å². The minimum atomic E-state index is -1.83. The van der Waals surface area contributed by atoms with E-state index in [4.69, 9.17) is 4.74 Å². The van der Waals surface area contributed by atoms with Crippen LogP contribution in [0.1, 0.15) is 50.7 Å². The maximum absolute atomic E-state index is 13.1. The van der Waals surface area contributed by atoms with Gasteiger partial charge < -0.3 is 14.7 Å². The van der Waals surface area contributed by atoms with Crippen molar-refractivity contribution >= 4 is 33.3 Å². The van der Waals surface area contributed by atoms with Crippen LogP contribution in [0.3, 0.4) is 0 Å². The fraction of sp³-hybridized carbons (Fsp3) is 0.391. The summed E-state index contributed by atoms with van der Waals surface area (Å²) in [5.74, 6) is 0.0916. The fourth-order valence-electron chi connectivity index (χ4n) is 3.63. The molecular formula is C23H26BrNO4. The summed E-state index contributed by atoms with van der Waals surface area (Å²) in [6.07, 6.45) is 3.09. The van der Waals surface area contributed by atoms with Gasteiger partial charge in [-0.1, -0.05) is 47.8 Å². The molecule has 0 spiro atoms. The van der Waals surface area contributed by atoms with E-state index >= 15 is 0 Å². The first-order chi connectivity index (χ1) is 13.8. The second kappa shape index (κ2) is 9.09. The number of ketones is 1. The average molecular weight is 460 g/mol. The Morgan fingerprint density at radius 2 is 1.90 bits per heavy atom. The zero-order valence-corrected chi connectivity index (χ0v) is 18.4. The maximum atomic E-state index is 13.1. The van der Waals surface area contributed by atoms with Gasteiger partial charge in [0.15, 0.2) is 5.60 Å². The molecule has 1 amide bonds. The van der Waals surface area contributed by atoms with E-state index in [0.717, 1.165) is 35.0 Å². The molecule has 2 aromatic carbocycles. The predicted molar refractivity (Wildman–Crippen MR) is 116 cm³/mol. The van der Waals surface area contributed by atoms with Crippen LogP contribution in [-0.2, 0) is 21.7 Å². The van der Waals surface area contributed by atoms with Crippen LogP contribution in [0.4, 0.5) is 5.69 Å². The molecule has 0 aliphatic carbocycles. The zero-order chi connectivity index (χ0) is 21.0. The number of carbonyl (C=O) groups excluding carboxylic acids is 2. The van der Waals surface area contributed by atoms with E-state index in [2.05, 4.69) is 22.9 Å². The lowest BCUT2D eigenvalue weighted by atomic mass is 9.90. The average Bonchev–Trinajstić information content (AvgIpc) is 2.87. The molecule has 1 N–H and O–H groups in total. The van der Waals surface area contributed by atoms with Crippen LogP contribution in [0, 0.1) is 0 Å². The summed E-state index contributed by atoms with van der Waals surface area (Å²) < 4.78 is 6.48. The first-order valence-corrected chi connectivity index (χ1v) is 10.7. The number of Topliss-reactive ketones (excluding diaryl/α,β-unsaturated/α-hetero) is 1. The summed E-state index contributed by atoms with van der Waals surface area (Å²) in [6.45, 7) is 4.54. The largest absolute Gasteiger partial charge is 0.494 e. The van der Waals surface area contributed by atoms with Gasteiger partial charge in [0.2, 0.25) is 0 Å². The normalized spacial score (nSPS) is 18.1. The van der Waals surface area contributed by atoms with Gasteiger partial charge in [-0.05, 0) is 49.2 Å². The summed E-state index contributed by atoms with van der Waals surface area (Å²) in [5.41, 5.74) is 0.179. The van der Waals surface area contributed by atoms with Crippen LogP contribution in [-0.4, -0.2) is 23.4 Å². The van der Waals surface area contributed by atoms with Gasteiger partial charge in [0.1, 0.15) is 11.5 Å². The van der Waals surface area contributed by atoms with Crippen molar-refractivity contribution in [1.82, 2.24) is 0 Å². The molecule has 6 heteroatoms. The van der Waals surface area contributed by atoms with Crippen LogP contribution < -0.4 is 9.64 Å². The van der Waals surface area contributed by atoms with Crippen molar-refractivity contribution in [3.05, 3.63) is 58.1 Å². The summed E-state index contributed by atoms with van der Waals surface area (Å²) in [4.78, 5) is 26.4. The molecule has 29 heavy (non-hydrogen) atoms. The molecule has 1 unspecified atom stereocenters. The molecule has 0 aromatic heterocycles. The van der Waals surface area contributed by atoms with E-state index in [1.54, 1.807) is 17.0 Å². The molecule has 1 aliphatic heterocycles. The minimum Gasteiger partial charge on any atom is -0.494 e. The van der Waals surface area contributed by atoms with E-state index < -0.39 is 11.5 Å². The SMILES string of the molecule is CCCCCOc1ccc(CN2C(=O)C(O)(CC(C)=O)c3cc(Br)ccc32)cc1. The molecule has 5 nitrogen and oxygen atoms in total. The fourth-order valence-corrected chi connectivity index (χ4v) is 3.99. The summed E-state index contributed by atoms with van der Waals surface area (Å²) in [7, 11) is 0. The van der Waals surface area contributed by atoms with E-state index in [9.17, 15) is 14.7 Å². The first kappa shape index (κ1) is 21.5. The van der Waals surface area contributed by atoms with Crippen LogP contribution >= 0.6 is 15.9 Å². The number of anilines is 1. The Hall–Kier alpha value is -2.18. The molecule has 0 bridgehead atoms. The molecule has 3 rings (SSSR count). The molecular weight excluding hydrogens is 434 g/mol. The number of benzene rings is 2. The highest BCUT2D eigenvalue weighted by atomic mass is 79.9. The second-order valence-electron chi connectivity index (χ2n) is 7.49. The zero-order valence-electron chi connectivity index (χ0n) is 16.8. The molecule has 0 saturated carbocycles. The van der Waals surface area contributed by atoms with Crippen molar-refractivity contribution in [2.75, 3.05) is 11.5 Å². The number of unbranched alkanes of at least 4 members (excludes halogenated alkanes) is 2. The smallest absolute Gasteiger partial charge is 0.264 e. The highest BCUT2D eigenvalue weighted by Gasteiger charge is 2.50. The Kier molecular flexibility index (Phi) is 6.75. The molecule has 0 saturated heterocycles. The molecule has 1 aliphatic rings. The Bertz CT molecular complexity index is 896. The van der Waals surface area contributed by atoms with Gasteiger partial charge in [-0.15, -0.1) is 0 Å². The Morgan fingerprint density at radius 3 is 2.55 bits per heavy atom. The lowest BCUT2D eigenvalue weighted by molar-refractivity contribution is -0.141. The number of hydrogen-bond donors (Lipinski definition) is 1. The quantitative estimate of drug-likeness (QED) is 0.550. The summed E-state index contributed by atoms with van der Waals surface area (Å²) in [5, 5.41) is 11.1. The summed E-state index contributed by atoms with van der Waals surface area (Å²) >= 11 is 3.39. The number of fused-ring (bicyclic) bond motifs is 1. The van der Waals surface area contributed by atoms with Crippen LogP contribution in [0.5, 0.6) is 5.75 Å². The van der Waals surface area contributed by atoms with Crippen LogP contribution in [0.25, 0.3) is 0 Å². The van der Waals surface area contributed by atoms with E-state index in [0.29, 0.717) is 24.4 Å². The molecule has 0 fully saturated rings. The van der Waals surface area contributed by atoms with Crippen molar-refractivity contribution < 1.29 is 19.4 Å². The van der Waals surface area contributed by atoms with Crippen molar-refractivity contribution in [2.24, 2.45) is 0 Å². The van der Waals surface area contributed by atoms with Crippen LogP contribution in [0.15, 0.2) is 46.9 Å². The van der Waals surface area contributed by atoms with Gasteiger partial charge in [-0.3, -0.25) is 9.59 Å². The lowest BCUT2D eigenvalue weighted by Crippen LogP contribution is -2.41. The number of nitrogens with zero attached hydrogens (tertiary/aromatic N) is 1. The van der Waals surface area contributed by atoms with Crippen molar-refractivity contribution in [3.63, 3.8) is 0 Å². The van der Waals surface area contributed by atoms with Gasteiger partial charge in [-0.25, -0.2) is 0 Å². The van der Waals surface area contributed by atoms with Crippen LogP contribution in [0.2, 0.25) is 0 Å². The van der Waals surface area contributed by atoms with E-state index in [-0.39, 0.29) is 12.2 Å². The number of halogens is 1. The molecule has 1 atom stereocenters. The summed E-state index contributed by atoms with van der Waals surface area (Å²) in [6, 6.07) is 13.0. The molecule has 154 valence electrons. The van der Waals surface area contributed by atoms with E-state index in [1.165, 1.54) is 6.92 Å². The number of rotatable bonds is 9.